The predicted octanol–water partition coefficient (Wildman–Crippen LogP) is -2.83. The van der Waals surface area contributed by atoms with E-state index in [2.05, 4.69) is 10.2 Å². The largest absolute Gasteiger partial charge is 1.00 e. The molecule has 2 rings (SSSR count). The molecular formula is C10H11KN3O4PS. The fourth-order valence-corrected chi connectivity index (χ4v) is 2.77. The van der Waals surface area contributed by atoms with E-state index in [1.165, 1.54) is 37.3 Å². The molecule has 7 nitrogen and oxygen atoms in total. The molecule has 0 amide bonds. The van der Waals surface area contributed by atoms with Crippen LogP contribution < -0.4 is 66.3 Å². The SMILES string of the molecule is COc1cc(-n2cnnc2SC)ccc1P(=O)([O-])O.[K+]. The average Bonchev–Trinajstić information content (AvgIpc) is 2.85. The summed E-state index contributed by atoms with van der Waals surface area (Å²) < 4.78 is 17.9. The summed E-state index contributed by atoms with van der Waals surface area (Å²) in [7, 11) is -3.28. The van der Waals surface area contributed by atoms with Gasteiger partial charge in [-0.05, 0) is 18.4 Å². The minimum absolute atomic E-state index is 0. The van der Waals surface area contributed by atoms with E-state index in [0.717, 1.165) is 0 Å². The van der Waals surface area contributed by atoms with Gasteiger partial charge in [0.15, 0.2) is 12.8 Å². The Labute approximate surface area is 162 Å². The van der Waals surface area contributed by atoms with Crippen molar-refractivity contribution in [3.05, 3.63) is 24.5 Å². The van der Waals surface area contributed by atoms with E-state index in [9.17, 15) is 9.46 Å². The van der Waals surface area contributed by atoms with Crippen LogP contribution in [0.2, 0.25) is 0 Å². The third-order valence-corrected chi connectivity index (χ3v) is 4.07. The normalized spacial score (nSPS) is 13.4. The van der Waals surface area contributed by atoms with Crippen molar-refractivity contribution < 1.29 is 70.5 Å². The molecule has 1 aromatic carbocycles. The molecule has 1 aromatic heterocycles. The molecule has 1 unspecified atom stereocenters. The van der Waals surface area contributed by atoms with Gasteiger partial charge in [-0.3, -0.25) is 4.57 Å². The molecule has 0 saturated carbocycles. The molecule has 0 aliphatic heterocycles. The van der Waals surface area contributed by atoms with Crippen LogP contribution in [0.15, 0.2) is 29.7 Å². The summed E-state index contributed by atoms with van der Waals surface area (Å²) in [5.41, 5.74) is 0.642. The molecule has 102 valence electrons. The van der Waals surface area contributed by atoms with Crippen LogP contribution >= 0.6 is 19.4 Å². The molecule has 0 aliphatic carbocycles. The van der Waals surface area contributed by atoms with Crippen molar-refractivity contribution in [2.24, 2.45) is 0 Å². The van der Waals surface area contributed by atoms with Gasteiger partial charge < -0.3 is 19.1 Å². The van der Waals surface area contributed by atoms with E-state index >= 15 is 0 Å². The Hall–Kier alpha value is 0.296. The molecule has 0 saturated heterocycles. The molecule has 10 heteroatoms. The van der Waals surface area contributed by atoms with Gasteiger partial charge in [-0.1, -0.05) is 11.8 Å². The minimum atomic E-state index is -4.61. The maximum Gasteiger partial charge on any atom is 1.00 e. The predicted molar refractivity (Wildman–Crippen MR) is 69.2 cm³/mol. The summed E-state index contributed by atoms with van der Waals surface area (Å²) in [4.78, 5) is 20.3. The summed E-state index contributed by atoms with van der Waals surface area (Å²) in [6.07, 6.45) is 3.36. The number of rotatable bonds is 4. The Morgan fingerprint density at radius 3 is 2.75 bits per heavy atom. The summed E-state index contributed by atoms with van der Waals surface area (Å²) in [6, 6.07) is 4.33. The van der Waals surface area contributed by atoms with Gasteiger partial charge in [0.25, 0.3) is 0 Å². The number of benzene rings is 1. The zero-order chi connectivity index (χ0) is 14.0. The molecule has 2 aromatic rings. The maximum absolute atomic E-state index is 11.2. The van der Waals surface area contributed by atoms with E-state index in [1.807, 2.05) is 6.26 Å². The Morgan fingerprint density at radius 1 is 1.50 bits per heavy atom. The van der Waals surface area contributed by atoms with Crippen LogP contribution in [0.1, 0.15) is 0 Å². The van der Waals surface area contributed by atoms with Crippen LogP contribution in [-0.4, -0.2) is 33.0 Å². The van der Waals surface area contributed by atoms with E-state index in [0.29, 0.717) is 10.8 Å². The van der Waals surface area contributed by atoms with E-state index in [1.54, 1.807) is 10.6 Å². The number of nitrogens with zero attached hydrogens (tertiary/aromatic N) is 3. The first-order valence-electron chi connectivity index (χ1n) is 5.14. The monoisotopic (exact) mass is 339 g/mol. The number of hydrogen-bond donors (Lipinski definition) is 1. The number of thioether (sulfide) groups is 1. The Balaban J connectivity index is 0.00000200. The maximum atomic E-state index is 11.2. The van der Waals surface area contributed by atoms with Gasteiger partial charge in [-0.25, -0.2) is 0 Å². The summed E-state index contributed by atoms with van der Waals surface area (Å²) >= 11 is 1.40. The molecule has 0 spiro atoms. The van der Waals surface area contributed by atoms with Crippen molar-refractivity contribution in [1.29, 1.82) is 0 Å². The van der Waals surface area contributed by atoms with Crippen LogP contribution in [0.4, 0.5) is 0 Å². The molecule has 1 N–H and O–H groups in total. The van der Waals surface area contributed by atoms with Gasteiger partial charge in [0.05, 0.1) is 18.1 Å². The first kappa shape index (κ1) is 18.3. The van der Waals surface area contributed by atoms with Gasteiger partial charge in [0.1, 0.15) is 12.1 Å². The van der Waals surface area contributed by atoms with E-state index in [-0.39, 0.29) is 62.4 Å². The van der Waals surface area contributed by atoms with E-state index < -0.39 is 7.60 Å². The van der Waals surface area contributed by atoms with Crippen LogP contribution in [0.5, 0.6) is 5.75 Å². The first-order chi connectivity index (χ1) is 8.97. The van der Waals surface area contributed by atoms with Crippen molar-refractivity contribution in [2.45, 2.75) is 5.16 Å². The molecule has 0 fully saturated rings. The van der Waals surface area contributed by atoms with Gasteiger partial charge in [0, 0.05) is 6.07 Å². The van der Waals surface area contributed by atoms with Crippen LogP contribution in [0, 0.1) is 0 Å². The molecule has 0 radical (unpaired) electrons. The van der Waals surface area contributed by atoms with Gasteiger partial charge in [-0.2, -0.15) is 0 Å². The zero-order valence-corrected chi connectivity index (χ0v) is 16.0. The molecule has 0 bridgehead atoms. The van der Waals surface area contributed by atoms with Crippen LogP contribution in [-0.2, 0) is 4.57 Å². The number of aromatic nitrogens is 3. The smallest absolute Gasteiger partial charge is 0.775 e. The Bertz CT molecular complexity index is 645. The second kappa shape index (κ2) is 7.53. The molecule has 1 heterocycles. The third kappa shape index (κ3) is 3.93. The minimum Gasteiger partial charge on any atom is -0.775 e. The van der Waals surface area contributed by atoms with E-state index in [4.69, 9.17) is 9.63 Å². The average molecular weight is 339 g/mol. The summed E-state index contributed by atoms with van der Waals surface area (Å²) in [5, 5.41) is 8.09. The fourth-order valence-electron chi connectivity index (χ4n) is 1.59. The standard InChI is InChI=1S/C10H12N3O4PS.K/c1-17-8-5-7(3-4-9(8)18(14,15)16)13-6-11-12-10(13)19-2;/h3-6H,1-2H3,(H2,14,15,16);/q;+1/p-1. The Kier molecular flexibility index (Phi) is 6.90. The van der Waals surface area contributed by atoms with Gasteiger partial charge >= 0.3 is 51.4 Å². The zero-order valence-electron chi connectivity index (χ0n) is 11.2. The van der Waals surface area contributed by atoms with Gasteiger partial charge in [-0.15, -0.1) is 10.2 Å². The summed E-state index contributed by atoms with van der Waals surface area (Å²) in [5.74, 6) is 0.0686. The number of hydrogen-bond acceptors (Lipinski definition) is 6. The fraction of sp³-hybridized carbons (Fsp3) is 0.200. The number of ether oxygens (including phenoxy) is 1. The second-order valence-electron chi connectivity index (χ2n) is 3.56. The third-order valence-electron chi connectivity index (χ3n) is 2.44. The van der Waals surface area contributed by atoms with Crippen molar-refractivity contribution in [1.82, 2.24) is 14.8 Å². The second-order valence-corrected chi connectivity index (χ2v) is 5.86. The molecular weight excluding hydrogens is 328 g/mol. The summed E-state index contributed by atoms with van der Waals surface area (Å²) in [6.45, 7) is 0. The molecule has 20 heavy (non-hydrogen) atoms. The quantitative estimate of drug-likeness (QED) is 0.364. The molecule has 1 atom stereocenters. The Morgan fingerprint density at radius 2 is 2.20 bits per heavy atom. The number of methoxy groups -OCH3 is 1. The van der Waals surface area contributed by atoms with Crippen molar-refractivity contribution in [3.63, 3.8) is 0 Å². The van der Waals surface area contributed by atoms with Crippen molar-refractivity contribution in [2.75, 3.05) is 13.4 Å². The van der Waals surface area contributed by atoms with Crippen molar-refractivity contribution >= 4 is 24.7 Å². The van der Waals surface area contributed by atoms with Gasteiger partial charge in [0.2, 0.25) is 0 Å². The first-order valence-corrected chi connectivity index (χ1v) is 7.94. The van der Waals surface area contributed by atoms with Crippen LogP contribution in [0.3, 0.4) is 0 Å². The topological polar surface area (TPSA) is 100 Å². The van der Waals surface area contributed by atoms with Crippen LogP contribution in [0.25, 0.3) is 5.69 Å². The molecule has 0 aliphatic rings. The van der Waals surface area contributed by atoms with Crippen molar-refractivity contribution in [3.8, 4) is 11.4 Å².